The molecule has 1 aliphatic rings. The third kappa shape index (κ3) is 5.45. The molecule has 5 rings (SSSR count). The molecule has 8 heteroatoms. The van der Waals surface area contributed by atoms with Gasteiger partial charge in [0.05, 0.1) is 19.3 Å². The standard InChI is InChI=1S/C31H32ClN3O4/c1-3-5-9-16-39-25-15-12-21(17-26(25)38-4-2)30-27-28(23-18-22(32)13-14-24(23)36)33-34-29(27)31(37)35(30)19-20-10-7-6-8-11-20/h6-8,10-15,17-18,30,36H,3-5,9,16,19H2,1-2H3,(H,33,34). The first kappa shape index (κ1) is 26.6. The van der Waals surface area contributed by atoms with Crippen LogP contribution in [-0.4, -0.2) is 39.3 Å². The number of aromatic amines is 1. The number of phenolic OH excluding ortho intramolecular Hbond substituents is 1. The molecule has 7 nitrogen and oxygen atoms in total. The van der Waals surface area contributed by atoms with Crippen LogP contribution in [0.5, 0.6) is 17.2 Å². The maximum atomic E-state index is 13.8. The average molecular weight is 546 g/mol. The van der Waals surface area contributed by atoms with Gasteiger partial charge in [-0.2, -0.15) is 5.10 Å². The molecular formula is C31H32ClN3O4. The van der Waals surface area contributed by atoms with Crippen LogP contribution in [0, 0.1) is 0 Å². The minimum absolute atomic E-state index is 0.0345. The molecule has 4 aromatic rings. The summed E-state index contributed by atoms with van der Waals surface area (Å²) in [4.78, 5) is 15.6. The lowest BCUT2D eigenvalue weighted by Crippen LogP contribution is -2.29. The molecule has 202 valence electrons. The number of unbranched alkanes of at least 4 members (excludes halogenated alkanes) is 2. The molecule has 1 atom stereocenters. The second kappa shape index (κ2) is 11.8. The van der Waals surface area contributed by atoms with Crippen molar-refractivity contribution in [2.75, 3.05) is 13.2 Å². The van der Waals surface area contributed by atoms with Crippen LogP contribution in [0.3, 0.4) is 0 Å². The van der Waals surface area contributed by atoms with E-state index >= 15 is 0 Å². The van der Waals surface area contributed by atoms with Crippen molar-refractivity contribution in [2.45, 2.75) is 45.7 Å². The van der Waals surface area contributed by atoms with Crippen molar-refractivity contribution in [2.24, 2.45) is 0 Å². The molecule has 1 aromatic heterocycles. The summed E-state index contributed by atoms with van der Waals surface area (Å²) >= 11 is 6.28. The van der Waals surface area contributed by atoms with Gasteiger partial charge in [-0.05, 0) is 54.8 Å². The van der Waals surface area contributed by atoms with Crippen LogP contribution in [0.25, 0.3) is 11.3 Å². The highest BCUT2D eigenvalue weighted by Gasteiger charge is 2.42. The van der Waals surface area contributed by atoms with Gasteiger partial charge < -0.3 is 19.5 Å². The number of hydrogen-bond donors (Lipinski definition) is 2. The van der Waals surface area contributed by atoms with E-state index in [9.17, 15) is 9.90 Å². The van der Waals surface area contributed by atoms with Crippen molar-refractivity contribution < 1.29 is 19.4 Å². The molecule has 1 unspecified atom stereocenters. The van der Waals surface area contributed by atoms with Crippen LogP contribution >= 0.6 is 11.6 Å². The van der Waals surface area contributed by atoms with E-state index < -0.39 is 6.04 Å². The number of carbonyl (C=O) groups excluding carboxylic acids is 1. The first-order valence-electron chi connectivity index (χ1n) is 13.3. The minimum Gasteiger partial charge on any atom is -0.507 e. The van der Waals surface area contributed by atoms with Crippen LogP contribution < -0.4 is 9.47 Å². The summed E-state index contributed by atoms with van der Waals surface area (Å²) in [6, 6.07) is 20.0. The van der Waals surface area contributed by atoms with Crippen LogP contribution in [0.15, 0.2) is 66.7 Å². The van der Waals surface area contributed by atoms with E-state index in [2.05, 4.69) is 17.1 Å². The molecule has 0 bridgehead atoms. The van der Waals surface area contributed by atoms with E-state index in [1.54, 1.807) is 12.1 Å². The number of benzene rings is 3. The number of hydrogen-bond acceptors (Lipinski definition) is 5. The summed E-state index contributed by atoms with van der Waals surface area (Å²) < 4.78 is 12.0. The molecule has 2 heterocycles. The number of ether oxygens (including phenoxy) is 2. The smallest absolute Gasteiger partial charge is 0.273 e. The quantitative estimate of drug-likeness (QED) is 0.195. The number of H-pyrrole nitrogens is 1. The lowest BCUT2D eigenvalue weighted by atomic mass is 9.95. The van der Waals surface area contributed by atoms with E-state index in [1.165, 1.54) is 6.07 Å². The molecular weight excluding hydrogens is 514 g/mol. The number of amides is 1. The number of aromatic hydroxyl groups is 1. The van der Waals surface area contributed by atoms with E-state index in [-0.39, 0.29) is 11.7 Å². The zero-order valence-electron chi connectivity index (χ0n) is 22.1. The van der Waals surface area contributed by atoms with Crippen molar-refractivity contribution in [1.82, 2.24) is 15.1 Å². The topological polar surface area (TPSA) is 87.7 Å². The number of nitrogens with zero attached hydrogens (tertiary/aromatic N) is 2. The zero-order chi connectivity index (χ0) is 27.4. The maximum Gasteiger partial charge on any atom is 0.273 e. The van der Waals surface area contributed by atoms with Gasteiger partial charge >= 0.3 is 0 Å². The Morgan fingerprint density at radius 3 is 2.59 bits per heavy atom. The van der Waals surface area contributed by atoms with E-state index in [0.29, 0.717) is 58.8 Å². The molecule has 0 aliphatic carbocycles. The number of fused-ring (bicyclic) bond motifs is 1. The van der Waals surface area contributed by atoms with Gasteiger partial charge in [0, 0.05) is 22.7 Å². The predicted molar refractivity (Wildman–Crippen MR) is 151 cm³/mol. The van der Waals surface area contributed by atoms with Gasteiger partial charge in [-0.1, -0.05) is 67.8 Å². The van der Waals surface area contributed by atoms with Crippen molar-refractivity contribution >= 4 is 17.5 Å². The Morgan fingerprint density at radius 2 is 1.82 bits per heavy atom. The maximum absolute atomic E-state index is 13.8. The second-order valence-electron chi connectivity index (χ2n) is 9.54. The summed E-state index contributed by atoms with van der Waals surface area (Å²) in [6.45, 7) is 5.58. The number of halogens is 1. The fraction of sp³-hybridized carbons (Fsp3) is 0.290. The predicted octanol–water partition coefficient (Wildman–Crippen LogP) is 7.15. The highest BCUT2D eigenvalue weighted by Crippen LogP contribution is 2.46. The minimum atomic E-state index is -0.479. The van der Waals surface area contributed by atoms with E-state index in [0.717, 1.165) is 30.4 Å². The summed E-state index contributed by atoms with van der Waals surface area (Å²) in [5.41, 5.74) is 3.88. The molecule has 2 N–H and O–H groups in total. The number of rotatable bonds is 11. The van der Waals surface area contributed by atoms with Crippen LogP contribution in [-0.2, 0) is 6.54 Å². The van der Waals surface area contributed by atoms with Gasteiger partial charge in [0.15, 0.2) is 11.5 Å². The molecule has 0 spiro atoms. The zero-order valence-corrected chi connectivity index (χ0v) is 22.9. The van der Waals surface area contributed by atoms with Crippen molar-refractivity contribution in [3.05, 3.63) is 94.1 Å². The molecule has 0 saturated carbocycles. The molecule has 0 radical (unpaired) electrons. The van der Waals surface area contributed by atoms with E-state index in [1.807, 2.05) is 60.4 Å². The summed E-state index contributed by atoms with van der Waals surface area (Å²) in [7, 11) is 0. The van der Waals surface area contributed by atoms with Crippen LogP contribution in [0.2, 0.25) is 5.02 Å². The normalized spacial score (nSPS) is 14.5. The fourth-order valence-corrected chi connectivity index (χ4v) is 5.18. The molecule has 39 heavy (non-hydrogen) atoms. The van der Waals surface area contributed by atoms with Crippen LogP contribution in [0.4, 0.5) is 0 Å². The first-order chi connectivity index (χ1) is 19.0. The lowest BCUT2D eigenvalue weighted by molar-refractivity contribution is 0.0729. The van der Waals surface area contributed by atoms with Crippen molar-refractivity contribution in [3.63, 3.8) is 0 Å². The van der Waals surface area contributed by atoms with Gasteiger partial charge in [-0.25, -0.2) is 0 Å². The van der Waals surface area contributed by atoms with Crippen molar-refractivity contribution in [3.8, 4) is 28.5 Å². The Morgan fingerprint density at radius 1 is 1.00 bits per heavy atom. The second-order valence-corrected chi connectivity index (χ2v) is 9.97. The highest BCUT2D eigenvalue weighted by atomic mass is 35.5. The number of nitrogens with one attached hydrogen (secondary N) is 1. The SMILES string of the molecule is CCCCCOc1ccc(C2c3c(-c4cc(Cl)ccc4O)n[nH]c3C(=O)N2Cc2ccccc2)cc1OCC. The number of phenols is 1. The average Bonchev–Trinajstić information content (AvgIpc) is 3.48. The first-order valence-corrected chi connectivity index (χ1v) is 13.7. The van der Waals surface area contributed by atoms with Gasteiger partial charge in [-0.3, -0.25) is 9.89 Å². The van der Waals surface area contributed by atoms with Gasteiger partial charge in [0.1, 0.15) is 17.1 Å². The Balaban J connectivity index is 1.61. The summed E-state index contributed by atoms with van der Waals surface area (Å²) in [5, 5.41) is 18.5. The molecule has 0 fully saturated rings. The number of aromatic nitrogens is 2. The Hall–Kier alpha value is -3.97. The largest absolute Gasteiger partial charge is 0.507 e. The van der Waals surface area contributed by atoms with Crippen LogP contribution in [0.1, 0.15) is 66.3 Å². The monoisotopic (exact) mass is 545 g/mol. The fourth-order valence-electron chi connectivity index (χ4n) is 5.01. The molecule has 0 saturated heterocycles. The number of carbonyl (C=O) groups is 1. The Bertz CT molecular complexity index is 1450. The highest BCUT2D eigenvalue weighted by molar-refractivity contribution is 6.31. The molecule has 1 amide bonds. The lowest BCUT2D eigenvalue weighted by Gasteiger charge is -2.27. The Labute approximate surface area is 233 Å². The van der Waals surface area contributed by atoms with Crippen molar-refractivity contribution in [1.29, 1.82) is 0 Å². The van der Waals surface area contributed by atoms with Gasteiger partial charge in [-0.15, -0.1) is 0 Å². The van der Waals surface area contributed by atoms with E-state index in [4.69, 9.17) is 21.1 Å². The van der Waals surface area contributed by atoms with Gasteiger partial charge in [0.2, 0.25) is 0 Å². The van der Waals surface area contributed by atoms with Gasteiger partial charge in [0.25, 0.3) is 5.91 Å². The molecule has 1 aliphatic heterocycles. The third-order valence-corrected chi connectivity index (χ3v) is 7.10. The molecule has 3 aromatic carbocycles. The third-order valence-electron chi connectivity index (χ3n) is 6.86. The summed E-state index contributed by atoms with van der Waals surface area (Å²) in [5.74, 6) is 1.17. The summed E-state index contributed by atoms with van der Waals surface area (Å²) in [6.07, 6.45) is 3.19. The Kier molecular flexibility index (Phi) is 8.07.